The number of methoxy groups -OCH3 is 1. The number of nitrogens with zero attached hydrogens (tertiary/aromatic N) is 1. The number of aromatic nitrogens is 1. The van der Waals surface area contributed by atoms with Gasteiger partial charge in [-0.3, -0.25) is 4.79 Å². The van der Waals surface area contributed by atoms with E-state index in [2.05, 4.69) is 20.9 Å². The molecule has 0 aromatic carbocycles. The molecule has 0 radical (unpaired) electrons. The van der Waals surface area contributed by atoms with Gasteiger partial charge in [-0.05, 0) is 22.9 Å². The minimum Gasteiger partial charge on any atom is -0.505 e. The molecule has 0 aliphatic rings. The maximum Gasteiger partial charge on any atom is 0.154 e. The van der Waals surface area contributed by atoms with Crippen molar-refractivity contribution in [1.82, 2.24) is 4.98 Å². The summed E-state index contributed by atoms with van der Waals surface area (Å²) in [5.74, 6) is -0.0877. The lowest BCUT2D eigenvalue weighted by Gasteiger charge is -2.09. The van der Waals surface area contributed by atoms with Crippen molar-refractivity contribution < 1.29 is 14.6 Å². The zero-order valence-electron chi connectivity index (χ0n) is 7.87. The molecule has 14 heavy (non-hydrogen) atoms. The second-order valence-electron chi connectivity index (χ2n) is 2.78. The molecule has 0 saturated carbocycles. The molecule has 0 fully saturated rings. The average Bonchev–Trinajstić information content (AvgIpc) is 2.15. The minimum atomic E-state index is -0.0877. The van der Waals surface area contributed by atoms with Crippen LogP contribution in [-0.2, 0) is 11.3 Å². The van der Waals surface area contributed by atoms with E-state index in [1.807, 2.05) is 0 Å². The molecule has 1 aromatic rings. The predicted molar refractivity (Wildman–Crippen MR) is 54.4 cm³/mol. The number of aryl methyl sites for hydroxylation is 1. The van der Waals surface area contributed by atoms with Gasteiger partial charge in [0.05, 0.1) is 17.9 Å². The van der Waals surface area contributed by atoms with Crippen molar-refractivity contribution in [3.8, 4) is 5.75 Å². The van der Waals surface area contributed by atoms with E-state index in [1.165, 1.54) is 7.11 Å². The van der Waals surface area contributed by atoms with Crippen LogP contribution in [0.15, 0.2) is 4.60 Å². The maximum atomic E-state index is 10.8. The first kappa shape index (κ1) is 11.1. The highest BCUT2D eigenvalue weighted by Gasteiger charge is 2.15. The third-order valence-electron chi connectivity index (χ3n) is 1.84. The quantitative estimate of drug-likeness (QED) is 0.665. The van der Waals surface area contributed by atoms with Gasteiger partial charge >= 0.3 is 0 Å². The van der Waals surface area contributed by atoms with Crippen molar-refractivity contribution in [3.05, 3.63) is 21.4 Å². The highest BCUT2D eigenvalue weighted by Crippen LogP contribution is 2.28. The van der Waals surface area contributed by atoms with E-state index in [9.17, 15) is 9.90 Å². The van der Waals surface area contributed by atoms with Crippen LogP contribution in [-0.4, -0.2) is 23.5 Å². The normalized spacial score (nSPS) is 10.2. The van der Waals surface area contributed by atoms with Gasteiger partial charge in [0.15, 0.2) is 6.29 Å². The maximum absolute atomic E-state index is 10.8. The predicted octanol–water partition coefficient (Wildman–Crippen LogP) is 1.82. The summed E-state index contributed by atoms with van der Waals surface area (Å²) in [7, 11) is 1.51. The number of carbonyl (C=O) groups is 1. The molecule has 1 heterocycles. The Balaban J connectivity index is 3.38. The Hall–Kier alpha value is -0.940. The SMILES string of the molecule is COCc1c(Br)nc(C)c(O)c1C=O. The fourth-order valence-corrected chi connectivity index (χ4v) is 1.72. The van der Waals surface area contributed by atoms with Crippen LogP contribution in [0, 0.1) is 6.92 Å². The van der Waals surface area contributed by atoms with Crippen molar-refractivity contribution in [1.29, 1.82) is 0 Å². The third kappa shape index (κ3) is 1.93. The molecule has 0 saturated heterocycles. The molecule has 5 heteroatoms. The smallest absolute Gasteiger partial charge is 0.154 e. The molecule has 0 atom stereocenters. The molecule has 4 nitrogen and oxygen atoms in total. The lowest BCUT2D eigenvalue weighted by atomic mass is 10.1. The van der Waals surface area contributed by atoms with Crippen LogP contribution in [0.4, 0.5) is 0 Å². The Morgan fingerprint density at radius 3 is 2.79 bits per heavy atom. The number of hydrogen-bond donors (Lipinski definition) is 1. The molecule has 0 aliphatic heterocycles. The number of ether oxygens (including phenoxy) is 1. The van der Waals surface area contributed by atoms with E-state index in [4.69, 9.17) is 4.74 Å². The molecule has 76 valence electrons. The fourth-order valence-electron chi connectivity index (χ4n) is 1.13. The zero-order chi connectivity index (χ0) is 10.7. The number of aromatic hydroxyl groups is 1. The van der Waals surface area contributed by atoms with Crippen molar-refractivity contribution in [3.63, 3.8) is 0 Å². The van der Waals surface area contributed by atoms with Gasteiger partial charge in [-0.15, -0.1) is 0 Å². The van der Waals surface area contributed by atoms with E-state index in [-0.39, 0.29) is 17.9 Å². The van der Waals surface area contributed by atoms with Crippen LogP contribution in [0.25, 0.3) is 0 Å². The number of rotatable bonds is 3. The summed E-state index contributed by atoms with van der Waals surface area (Å²) in [6.07, 6.45) is 0.600. The Labute approximate surface area is 90.0 Å². The molecule has 0 aliphatic carbocycles. The lowest BCUT2D eigenvalue weighted by molar-refractivity contribution is 0.111. The molecular weight excluding hydrogens is 250 g/mol. The summed E-state index contributed by atoms with van der Waals surface area (Å²) in [5, 5.41) is 9.56. The number of carbonyl (C=O) groups excluding carboxylic acids is 1. The number of pyridine rings is 1. The monoisotopic (exact) mass is 259 g/mol. The zero-order valence-corrected chi connectivity index (χ0v) is 9.46. The first-order valence-corrected chi connectivity index (χ1v) is 4.73. The number of halogens is 1. The largest absolute Gasteiger partial charge is 0.505 e. The third-order valence-corrected chi connectivity index (χ3v) is 2.50. The fraction of sp³-hybridized carbons (Fsp3) is 0.333. The van der Waals surface area contributed by atoms with E-state index >= 15 is 0 Å². The Kier molecular flexibility index (Phi) is 3.60. The molecule has 1 rings (SSSR count). The molecule has 0 spiro atoms. The highest BCUT2D eigenvalue weighted by molar-refractivity contribution is 9.10. The Morgan fingerprint density at radius 2 is 2.29 bits per heavy atom. The molecule has 0 unspecified atom stereocenters. The van der Waals surface area contributed by atoms with Gasteiger partial charge < -0.3 is 9.84 Å². The highest BCUT2D eigenvalue weighted by atomic mass is 79.9. The molecular formula is C9H10BrNO3. The van der Waals surface area contributed by atoms with Gasteiger partial charge in [-0.25, -0.2) is 4.98 Å². The molecule has 0 bridgehead atoms. The van der Waals surface area contributed by atoms with Gasteiger partial charge in [-0.1, -0.05) is 0 Å². The van der Waals surface area contributed by atoms with Crippen molar-refractivity contribution in [2.75, 3.05) is 7.11 Å². The summed E-state index contributed by atoms with van der Waals surface area (Å²) in [5.41, 5.74) is 1.20. The minimum absolute atomic E-state index is 0.0877. The molecule has 0 amide bonds. The second kappa shape index (κ2) is 4.52. The van der Waals surface area contributed by atoms with Gasteiger partial charge in [-0.2, -0.15) is 0 Å². The van der Waals surface area contributed by atoms with E-state index in [1.54, 1.807) is 6.92 Å². The topological polar surface area (TPSA) is 59.4 Å². The van der Waals surface area contributed by atoms with E-state index < -0.39 is 0 Å². The van der Waals surface area contributed by atoms with Crippen LogP contribution in [0.2, 0.25) is 0 Å². The van der Waals surface area contributed by atoms with E-state index in [0.29, 0.717) is 22.1 Å². The van der Waals surface area contributed by atoms with Crippen LogP contribution >= 0.6 is 15.9 Å². The van der Waals surface area contributed by atoms with Crippen LogP contribution in [0.3, 0.4) is 0 Å². The first-order valence-electron chi connectivity index (χ1n) is 3.93. The summed E-state index contributed by atoms with van der Waals surface area (Å²) in [4.78, 5) is 14.8. The van der Waals surface area contributed by atoms with Crippen molar-refractivity contribution in [2.45, 2.75) is 13.5 Å². The Morgan fingerprint density at radius 1 is 1.64 bits per heavy atom. The van der Waals surface area contributed by atoms with Crippen molar-refractivity contribution >= 4 is 22.2 Å². The first-order chi connectivity index (χ1) is 6.61. The summed E-state index contributed by atoms with van der Waals surface area (Å²) < 4.78 is 5.43. The lowest BCUT2D eigenvalue weighted by Crippen LogP contribution is -2.01. The second-order valence-corrected chi connectivity index (χ2v) is 3.53. The summed E-state index contributed by atoms with van der Waals surface area (Å²) >= 11 is 3.21. The van der Waals surface area contributed by atoms with Crippen molar-refractivity contribution in [2.24, 2.45) is 0 Å². The van der Waals surface area contributed by atoms with Gasteiger partial charge in [0.2, 0.25) is 0 Å². The van der Waals surface area contributed by atoms with Gasteiger partial charge in [0.25, 0.3) is 0 Å². The Bertz CT molecular complexity index is 366. The standard InChI is InChI=1S/C9H10BrNO3/c1-5-8(13)6(3-12)7(4-14-2)9(10)11-5/h3,13H,4H2,1-2H3. The van der Waals surface area contributed by atoms with Gasteiger partial charge in [0, 0.05) is 12.7 Å². The van der Waals surface area contributed by atoms with Crippen LogP contribution in [0.1, 0.15) is 21.6 Å². The molecule has 1 N–H and O–H groups in total. The summed E-state index contributed by atoms with van der Waals surface area (Å²) in [6.45, 7) is 1.86. The average molecular weight is 260 g/mol. The van der Waals surface area contributed by atoms with E-state index in [0.717, 1.165) is 0 Å². The van der Waals surface area contributed by atoms with Crippen LogP contribution < -0.4 is 0 Å². The van der Waals surface area contributed by atoms with Gasteiger partial charge in [0.1, 0.15) is 10.4 Å². The molecule has 1 aromatic heterocycles. The summed E-state index contributed by atoms with van der Waals surface area (Å²) in [6, 6.07) is 0. The van der Waals surface area contributed by atoms with Crippen LogP contribution in [0.5, 0.6) is 5.75 Å². The number of aldehydes is 1. The number of hydrogen-bond acceptors (Lipinski definition) is 4.